The summed E-state index contributed by atoms with van der Waals surface area (Å²) in [6.45, 7) is 4.34. The summed E-state index contributed by atoms with van der Waals surface area (Å²) in [4.78, 5) is 52.3. The van der Waals surface area contributed by atoms with Crippen LogP contribution >= 0.6 is 11.3 Å². The van der Waals surface area contributed by atoms with E-state index in [9.17, 15) is 19.2 Å². The molecular weight excluding hydrogens is 530 g/mol. The van der Waals surface area contributed by atoms with Gasteiger partial charge in [-0.2, -0.15) is 0 Å². The van der Waals surface area contributed by atoms with E-state index in [-0.39, 0.29) is 6.61 Å². The fourth-order valence-electron chi connectivity index (χ4n) is 4.14. The lowest BCUT2D eigenvalue weighted by Gasteiger charge is -2.44. The SMILES string of the molecule is CC(=O)OC[C@H]1O[C@@H](Oc2ccccc2-c2nc3ccccc3s2)[C@H](OC(C)=O)[C@@H](OC(C)=O)[C@H]1OC(C)=O. The number of carbonyl (C=O) groups is 4. The van der Waals surface area contributed by atoms with Crippen molar-refractivity contribution in [1.29, 1.82) is 0 Å². The van der Waals surface area contributed by atoms with E-state index in [2.05, 4.69) is 0 Å². The van der Waals surface area contributed by atoms with Gasteiger partial charge in [0.25, 0.3) is 0 Å². The van der Waals surface area contributed by atoms with Crippen LogP contribution in [0.1, 0.15) is 27.7 Å². The third-order valence-electron chi connectivity index (χ3n) is 5.60. The zero-order valence-corrected chi connectivity index (χ0v) is 22.5. The van der Waals surface area contributed by atoms with Crippen LogP contribution in [0.4, 0.5) is 0 Å². The van der Waals surface area contributed by atoms with Crippen LogP contribution in [0.2, 0.25) is 0 Å². The molecule has 206 valence electrons. The molecule has 1 saturated heterocycles. The maximum Gasteiger partial charge on any atom is 0.303 e. The van der Waals surface area contributed by atoms with Gasteiger partial charge < -0.3 is 28.4 Å². The lowest BCUT2D eigenvalue weighted by Crippen LogP contribution is -2.63. The van der Waals surface area contributed by atoms with E-state index in [1.165, 1.54) is 25.2 Å². The van der Waals surface area contributed by atoms with Crippen molar-refractivity contribution in [1.82, 2.24) is 4.98 Å². The first kappa shape index (κ1) is 28.0. The number of esters is 4. The Kier molecular flexibility index (Phi) is 8.77. The van der Waals surface area contributed by atoms with Crippen molar-refractivity contribution in [2.75, 3.05) is 6.61 Å². The predicted molar refractivity (Wildman–Crippen MR) is 138 cm³/mol. The second-order valence-electron chi connectivity index (χ2n) is 8.67. The first-order valence-corrected chi connectivity index (χ1v) is 12.9. The van der Waals surface area contributed by atoms with Gasteiger partial charge in [-0.1, -0.05) is 24.3 Å². The average molecular weight is 558 g/mol. The predicted octanol–water partition coefficient (Wildman–Crippen LogP) is 3.43. The van der Waals surface area contributed by atoms with Gasteiger partial charge in [0, 0.05) is 27.7 Å². The summed E-state index contributed by atoms with van der Waals surface area (Å²) < 4.78 is 34.8. The zero-order valence-electron chi connectivity index (χ0n) is 21.7. The van der Waals surface area contributed by atoms with E-state index in [4.69, 9.17) is 33.4 Å². The molecule has 0 spiro atoms. The van der Waals surface area contributed by atoms with Gasteiger partial charge in [-0.3, -0.25) is 19.2 Å². The van der Waals surface area contributed by atoms with Gasteiger partial charge >= 0.3 is 23.9 Å². The Morgan fingerprint density at radius 3 is 2.08 bits per heavy atom. The van der Waals surface area contributed by atoms with Crippen LogP contribution in [0.3, 0.4) is 0 Å². The monoisotopic (exact) mass is 557 g/mol. The molecule has 1 aliphatic heterocycles. The summed E-state index contributed by atoms with van der Waals surface area (Å²) in [5.41, 5.74) is 1.46. The number of fused-ring (bicyclic) bond motifs is 1. The Balaban J connectivity index is 1.74. The lowest BCUT2D eigenvalue weighted by molar-refractivity contribution is -0.288. The third-order valence-corrected chi connectivity index (χ3v) is 6.67. The second kappa shape index (κ2) is 12.2. The maximum atomic E-state index is 12.1. The summed E-state index contributed by atoms with van der Waals surface area (Å²) in [6, 6.07) is 14.8. The van der Waals surface area contributed by atoms with Gasteiger partial charge in [-0.05, 0) is 24.3 Å². The standard InChI is InChI=1S/C27H27NO10S/c1-14(29)33-13-21-23(34-15(2)30)24(35-16(3)31)25(36-17(4)32)27(38-21)37-20-11-7-5-9-18(20)26-28-19-10-6-8-12-22(19)39-26/h5-12,21,23-25,27H,13H2,1-4H3/t21-,23+,24+,25-,27-/m1/s1. The number of thiazole rings is 1. The Bertz CT molecular complexity index is 1340. The molecular formula is C27H27NO10S. The molecule has 1 aliphatic rings. The molecule has 12 heteroatoms. The minimum absolute atomic E-state index is 0.345. The largest absolute Gasteiger partial charge is 0.463 e. The minimum Gasteiger partial charge on any atom is -0.463 e. The summed E-state index contributed by atoms with van der Waals surface area (Å²) >= 11 is 1.46. The number of rotatable bonds is 8. The lowest BCUT2D eigenvalue weighted by atomic mass is 9.98. The van der Waals surface area contributed by atoms with Crippen LogP contribution < -0.4 is 4.74 Å². The molecule has 11 nitrogen and oxygen atoms in total. The normalized spacial score (nSPS) is 22.5. The average Bonchev–Trinajstić information content (AvgIpc) is 3.30. The fraction of sp³-hybridized carbons (Fsp3) is 0.370. The first-order chi connectivity index (χ1) is 18.6. The molecule has 39 heavy (non-hydrogen) atoms. The molecule has 0 radical (unpaired) electrons. The van der Waals surface area contributed by atoms with Crippen LogP contribution in [0.25, 0.3) is 20.8 Å². The van der Waals surface area contributed by atoms with Crippen LogP contribution in [-0.4, -0.2) is 66.2 Å². The number of hydrogen-bond acceptors (Lipinski definition) is 12. The highest BCUT2D eigenvalue weighted by atomic mass is 32.1. The molecule has 1 fully saturated rings. The van der Waals surface area contributed by atoms with Gasteiger partial charge in [0.1, 0.15) is 23.5 Å². The molecule has 2 heterocycles. The van der Waals surface area contributed by atoms with Crippen molar-refractivity contribution in [3.63, 3.8) is 0 Å². The van der Waals surface area contributed by atoms with Gasteiger partial charge in [-0.15, -0.1) is 11.3 Å². The summed E-state index contributed by atoms with van der Waals surface area (Å²) in [5.74, 6) is -2.41. The topological polar surface area (TPSA) is 137 Å². The van der Waals surface area contributed by atoms with Gasteiger partial charge in [-0.25, -0.2) is 4.98 Å². The molecule has 5 atom stereocenters. The Labute approximate surface area is 227 Å². The number of nitrogens with zero attached hydrogens (tertiary/aromatic N) is 1. The molecule has 2 aromatic carbocycles. The fourth-order valence-corrected chi connectivity index (χ4v) is 5.14. The molecule has 1 aromatic heterocycles. The van der Waals surface area contributed by atoms with Crippen LogP contribution in [0.5, 0.6) is 5.75 Å². The highest BCUT2D eigenvalue weighted by Gasteiger charge is 2.53. The van der Waals surface area contributed by atoms with Gasteiger partial charge in [0.2, 0.25) is 12.4 Å². The summed E-state index contributed by atoms with van der Waals surface area (Å²) in [6.07, 6.45) is -6.40. The highest BCUT2D eigenvalue weighted by Crippen LogP contribution is 2.38. The quantitative estimate of drug-likeness (QED) is 0.298. The van der Waals surface area contributed by atoms with Crippen molar-refractivity contribution in [2.24, 2.45) is 0 Å². The number of hydrogen-bond donors (Lipinski definition) is 0. The third kappa shape index (κ3) is 6.89. The van der Waals surface area contributed by atoms with E-state index >= 15 is 0 Å². The number of benzene rings is 2. The van der Waals surface area contributed by atoms with Gasteiger partial charge in [0.05, 0.1) is 15.8 Å². The Morgan fingerprint density at radius 1 is 0.795 bits per heavy atom. The van der Waals surface area contributed by atoms with Crippen molar-refractivity contribution in [3.05, 3.63) is 48.5 Å². The Hall–Kier alpha value is -4.03. The number of para-hydroxylation sites is 2. The Morgan fingerprint density at radius 2 is 1.41 bits per heavy atom. The molecule has 0 amide bonds. The van der Waals surface area contributed by atoms with E-state index in [1.54, 1.807) is 12.1 Å². The van der Waals surface area contributed by atoms with E-state index in [1.807, 2.05) is 36.4 Å². The number of aromatic nitrogens is 1. The van der Waals surface area contributed by atoms with Crippen LogP contribution in [0, 0.1) is 0 Å². The summed E-state index contributed by atoms with van der Waals surface area (Å²) in [5, 5.41) is 0.678. The highest BCUT2D eigenvalue weighted by molar-refractivity contribution is 7.21. The van der Waals surface area contributed by atoms with Crippen LogP contribution in [-0.2, 0) is 42.9 Å². The van der Waals surface area contributed by atoms with Crippen LogP contribution in [0.15, 0.2) is 48.5 Å². The van der Waals surface area contributed by atoms with Crippen molar-refractivity contribution in [2.45, 2.75) is 58.4 Å². The van der Waals surface area contributed by atoms with Crippen molar-refractivity contribution in [3.8, 4) is 16.3 Å². The molecule has 0 N–H and O–H groups in total. The summed E-state index contributed by atoms with van der Waals surface area (Å²) in [7, 11) is 0. The zero-order chi connectivity index (χ0) is 28.1. The molecule has 4 rings (SSSR count). The maximum absolute atomic E-state index is 12.1. The molecule has 0 bridgehead atoms. The van der Waals surface area contributed by atoms with Crippen molar-refractivity contribution >= 4 is 45.4 Å². The second-order valence-corrected chi connectivity index (χ2v) is 9.70. The molecule has 0 saturated carbocycles. The molecule has 0 unspecified atom stereocenters. The van der Waals surface area contributed by atoms with Crippen molar-refractivity contribution < 1.29 is 47.6 Å². The smallest absolute Gasteiger partial charge is 0.303 e. The minimum atomic E-state index is -1.35. The van der Waals surface area contributed by atoms with E-state index in [0.717, 1.165) is 24.1 Å². The van der Waals surface area contributed by atoms with Gasteiger partial charge in [0.15, 0.2) is 12.2 Å². The number of carbonyl (C=O) groups excluding carboxylic acids is 4. The van der Waals surface area contributed by atoms with E-state index < -0.39 is 54.6 Å². The molecule has 0 aliphatic carbocycles. The molecule has 3 aromatic rings. The first-order valence-electron chi connectivity index (χ1n) is 12.0. The van der Waals surface area contributed by atoms with E-state index in [0.29, 0.717) is 16.3 Å². The number of ether oxygens (including phenoxy) is 6.